The van der Waals surface area contributed by atoms with Gasteiger partial charge in [0.2, 0.25) is 5.91 Å². The number of hydrogen-bond donors (Lipinski definition) is 1. The fraction of sp³-hybridized carbons (Fsp3) is 0.833. The summed E-state index contributed by atoms with van der Waals surface area (Å²) in [7, 11) is 0. The number of hydrogen-bond acceptors (Lipinski definition) is 2. The van der Waals surface area contributed by atoms with Crippen LogP contribution in [0.5, 0.6) is 0 Å². The first-order chi connectivity index (χ1) is 4.27. The van der Waals surface area contributed by atoms with E-state index in [0.717, 1.165) is 6.42 Å². The molecule has 0 saturated heterocycles. The highest BCUT2D eigenvalue weighted by molar-refractivity contribution is 5.73. The Balaban J connectivity index is 2.83. The fourth-order valence-electron chi connectivity index (χ4n) is 0.493. The number of carbonyl (C=O) groups is 1. The van der Waals surface area contributed by atoms with E-state index >= 15 is 0 Å². The second-order valence-electron chi connectivity index (χ2n) is 1.77. The maximum absolute atomic E-state index is 10.1. The SMILES string of the molecule is CCOCCCC(N)=O. The van der Waals surface area contributed by atoms with Crippen LogP contribution in [0.3, 0.4) is 0 Å². The van der Waals surface area contributed by atoms with E-state index in [4.69, 9.17) is 10.5 Å². The van der Waals surface area contributed by atoms with E-state index in [1.165, 1.54) is 0 Å². The third kappa shape index (κ3) is 7.43. The molecular formula is C6H13NO2. The number of carbonyl (C=O) groups excluding carboxylic acids is 1. The molecule has 3 heteroatoms. The van der Waals surface area contributed by atoms with E-state index < -0.39 is 0 Å². The summed E-state index contributed by atoms with van der Waals surface area (Å²) in [5.74, 6) is -0.255. The molecule has 0 saturated carbocycles. The number of amides is 1. The van der Waals surface area contributed by atoms with E-state index in [1.54, 1.807) is 0 Å². The molecule has 0 rings (SSSR count). The van der Waals surface area contributed by atoms with Crippen molar-refractivity contribution in [3.05, 3.63) is 0 Å². The molecular weight excluding hydrogens is 118 g/mol. The summed E-state index contributed by atoms with van der Waals surface area (Å²) in [6.07, 6.45) is 1.17. The minimum absolute atomic E-state index is 0.255. The van der Waals surface area contributed by atoms with Crippen molar-refractivity contribution in [2.45, 2.75) is 19.8 Å². The van der Waals surface area contributed by atoms with E-state index in [9.17, 15) is 4.79 Å². The molecule has 0 radical (unpaired) electrons. The second kappa shape index (κ2) is 5.56. The highest BCUT2D eigenvalue weighted by Crippen LogP contribution is 1.87. The Hall–Kier alpha value is -0.570. The molecule has 0 fully saturated rings. The van der Waals surface area contributed by atoms with Gasteiger partial charge >= 0.3 is 0 Å². The van der Waals surface area contributed by atoms with Gasteiger partial charge in [0.25, 0.3) is 0 Å². The highest BCUT2D eigenvalue weighted by Gasteiger charge is 1.91. The first-order valence-electron chi connectivity index (χ1n) is 3.13. The molecule has 3 nitrogen and oxygen atoms in total. The van der Waals surface area contributed by atoms with Crippen molar-refractivity contribution >= 4 is 5.91 Å². The lowest BCUT2D eigenvalue weighted by Gasteiger charge is -1.96. The minimum atomic E-state index is -0.255. The molecule has 0 spiro atoms. The van der Waals surface area contributed by atoms with Crippen molar-refractivity contribution < 1.29 is 9.53 Å². The molecule has 2 N–H and O–H groups in total. The Morgan fingerprint density at radius 3 is 2.78 bits per heavy atom. The third-order valence-corrected chi connectivity index (χ3v) is 0.916. The van der Waals surface area contributed by atoms with E-state index in [0.29, 0.717) is 19.6 Å². The van der Waals surface area contributed by atoms with Crippen molar-refractivity contribution in [3.63, 3.8) is 0 Å². The normalized spacial score (nSPS) is 9.44. The van der Waals surface area contributed by atoms with Crippen LogP contribution in [0.1, 0.15) is 19.8 Å². The largest absolute Gasteiger partial charge is 0.382 e. The summed E-state index contributed by atoms with van der Waals surface area (Å²) in [5, 5.41) is 0. The molecule has 0 aliphatic carbocycles. The first-order valence-corrected chi connectivity index (χ1v) is 3.13. The van der Waals surface area contributed by atoms with Gasteiger partial charge in [0.1, 0.15) is 0 Å². The van der Waals surface area contributed by atoms with Crippen molar-refractivity contribution in [3.8, 4) is 0 Å². The third-order valence-electron chi connectivity index (χ3n) is 0.916. The van der Waals surface area contributed by atoms with Crippen LogP contribution in [-0.2, 0) is 9.53 Å². The Kier molecular flexibility index (Phi) is 5.21. The Labute approximate surface area is 55.2 Å². The number of ether oxygens (including phenoxy) is 1. The van der Waals surface area contributed by atoms with E-state index in [1.807, 2.05) is 6.92 Å². The minimum Gasteiger partial charge on any atom is -0.382 e. The predicted molar refractivity (Wildman–Crippen MR) is 34.9 cm³/mol. The second-order valence-corrected chi connectivity index (χ2v) is 1.77. The van der Waals surface area contributed by atoms with Crippen molar-refractivity contribution in [2.75, 3.05) is 13.2 Å². The van der Waals surface area contributed by atoms with Gasteiger partial charge in [0.15, 0.2) is 0 Å². The molecule has 0 unspecified atom stereocenters. The van der Waals surface area contributed by atoms with Gasteiger partial charge in [-0.15, -0.1) is 0 Å². The average Bonchev–Trinajstić information content (AvgIpc) is 1.80. The molecule has 0 aliphatic heterocycles. The van der Waals surface area contributed by atoms with Crippen LogP contribution in [0.15, 0.2) is 0 Å². The van der Waals surface area contributed by atoms with E-state index in [-0.39, 0.29) is 5.91 Å². The molecule has 0 aliphatic rings. The standard InChI is InChI=1S/C6H13NO2/c1-2-9-5-3-4-6(7)8/h2-5H2,1H3,(H2,7,8). The lowest BCUT2D eigenvalue weighted by atomic mass is 10.3. The fourth-order valence-corrected chi connectivity index (χ4v) is 0.493. The molecule has 1 amide bonds. The van der Waals surface area contributed by atoms with Crippen LogP contribution in [0.4, 0.5) is 0 Å². The summed E-state index contributed by atoms with van der Waals surface area (Å²) in [5.41, 5.74) is 4.88. The van der Waals surface area contributed by atoms with Gasteiger partial charge in [-0.25, -0.2) is 0 Å². The number of rotatable bonds is 5. The predicted octanol–water partition coefficient (Wildman–Crippen LogP) is 0.288. The van der Waals surface area contributed by atoms with Gasteiger partial charge in [0.05, 0.1) is 0 Å². The Morgan fingerprint density at radius 2 is 2.33 bits per heavy atom. The molecule has 0 aromatic rings. The van der Waals surface area contributed by atoms with Gasteiger partial charge in [-0.3, -0.25) is 4.79 Å². The molecule has 0 aromatic carbocycles. The smallest absolute Gasteiger partial charge is 0.217 e. The summed E-state index contributed by atoms with van der Waals surface area (Å²) in [4.78, 5) is 10.1. The van der Waals surface area contributed by atoms with Crippen LogP contribution in [0.2, 0.25) is 0 Å². The number of primary amides is 1. The van der Waals surface area contributed by atoms with Crippen molar-refractivity contribution in [1.29, 1.82) is 0 Å². The molecule has 0 atom stereocenters. The lowest BCUT2D eigenvalue weighted by molar-refractivity contribution is -0.118. The van der Waals surface area contributed by atoms with Crippen LogP contribution >= 0.6 is 0 Å². The average molecular weight is 131 g/mol. The summed E-state index contributed by atoms with van der Waals surface area (Å²) in [6.45, 7) is 3.27. The topological polar surface area (TPSA) is 52.3 Å². The van der Waals surface area contributed by atoms with Gasteiger partial charge in [-0.2, -0.15) is 0 Å². The Morgan fingerprint density at radius 1 is 1.67 bits per heavy atom. The lowest BCUT2D eigenvalue weighted by Crippen LogP contribution is -2.11. The Bertz CT molecular complexity index is 83.1. The monoisotopic (exact) mass is 131 g/mol. The quantitative estimate of drug-likeness (QED) is 0.545. The maximum Gasteiger partial charge on any atom is 0.217 e. The van der Waals surface area contributed by atoms with Gasteiger partial charge < -0.3 is 10.5 Å². The molecule has 9 heavy (non-hydrogen) atoms. The number of nitrogens with two attached hydrogens (primary N) is 1. The zero-order chi connectivity index (χ0) is 7.11. The summed E-state index contributed by atoms with van der Waals surface area (Å²) in [6, 6.07) is 0. The zero-order valence-corrected chi connectivity index (χ0v) is 5.72. The molecule has 54 valence electrons. The van der Waals surface area contributed by atoms with Crippen molar-refractivity contribution in [1.82, 2.24) is 0 Å². The molecule has 0 heterocycles. The van der Waals surface area contributed by atoms with E-state index in [2.05, 4.69) is 0 Å². The van der Waals surface area contributed by atoms with Gasteiger partial charge in [0, 0.05) is 19.6 Å². The first kappa shape index (κ1) is 8.43. The van der Waals surface area contributed by atoms with Crippen molar-refractivity contribution in [2.24, 2.45) is 5.73 Å². The van der Waals surface area contributed by atoms with Crippen LogP contribution in [-0.4, -0.2) is 19.1 Å². The zero-order valence-electron chi connectivity index (χ0n) is 5.72. The highest BCUT2D eigenvalue weighted by atomic mass is 16.5. The molecule has 0 bridgehead atoms. The molecule has 0 aromatic heterocycles. The maximum atomic E-state index is 10.1. The summed E-state index contributed by atoms with van der Waals surface area (Å²) < 4.78 is 4.98. The van der Waals surface area contributed by atoms with Gasteiger partial charge in [-0.05, 0) is 13.3 Å². The van der Waals surface area contributed by atoms with Crippen LogP contribution in [0.25, 0.3) is 0 Å². The van der Waals surface area contributed by atoms with Gasteiger partial charge in [-0.1, -0.05) is 0 Å². The summed E-state index contributed by atoms with van der Waals surface area (Å²) >= 11 is 0. The van der Waals surface area contributed by atoms with Crippen LogP contribution < -0.4 is 5.73 Å². The van der Waals surface area contributed by atoms with Crippen LogP contribution in [0, 0.1) is 0 Å².